The lowest BCUT2D eigenvalue weighted by Gasteiger charge is -2.26. The van der Waals surface area contributed by atoms with Crippen LogP contribution in [-0.4, -0.2) is 47.1 Å². The Balaban J connectivity index is 0.00000320. The summed E-state index contributed by atoms with van der Waals surface area (Å²) in [6.45, 7) is 3.47. The van der Waals surface area contributed by atoms with Crippen LogP contribution in [0, 0.1) is 11.3 Å². The number of fused-ring (bicyclic) bond motifs is 1. The van der Waals surface area contributed by atoms with Gasteiger partial charge in [-0.25, -0.2) is 0 Å². The lowest BCUT2D eigenvalue weighted by atomic mass is 9.96. The van der Waals surface area contributed by atoms with Gasteiger partial charge in [-0.05, 0) is 92.2 Å². The number of carbonyl (C=O) groups is 1. The molecule has 0 radical (unpaired) electrons. The summed E-state index contributed by atoms with van der Waals surface area (Å²) in [7, 11) is 0. The second-order valence-electron chi connectivity index (χ2n) is 8.94. The van der Waals surface area contributed by atoms with Gasteiger partial charge in [0.1, 0.15) is 29.9 Å². The van der Waals surface area contributed by atoms with Gasteiger partial charge in [-0.1, -0.05) is 6.42 Å². The molecule has 0 spiro atoms. The number of hydrogen-bond acceptors (Lipinski definition) is 7. The molecule has 3 aromatic carbocycles. The van der Waals surface area contributed by atoms with Crippen LogP contribution in [0.5, 0.6) is 17.2 Å². The lowest BCUT2D eigenvalue weighted by Crippen LogP contribution is -2.33. The number of carbonyl (C=O) groups excluding carboxylic acids is 1. The molecule has 0 bridgehead atoms. The number of phenols is 2. The Hall–Kier alpha value is -3.57. The standard InChI is InChI=1S/C29H26N2O4S.ClH/c30-18-21-16-20(6-11-25(21)35-15-14-31-12-2-1-3-13-31)28(34)27-24-10-9-23(33)17-26(24)36-29(27)19-4-7-22(32)8-5-19;/h4-11,16-17,32-33H,1-3,12-15H2;1H. The molecule has 0 aliphatic carbocycles. The normalized spacial score (nSPS) is 13.6. The zero-order valence-electron chi connectivity index (χ0n) is 20.1. The number of ether oxygens (including phenoxy) is 1. The summed E-state index contributed by atoms with van der Waals surface area (Å²) in [5.41, 5.74) is 2.00. The number of likely N-dealkylation sites (tertiary alicyclic amines) is 1. The topological polar surface area (TPSA) is 93.8 Å². The van der Waals surface area contributed by atoms with E-state index in [4.69, 9.17) is 4.74 Å². The van der Waals surface area contributed by atoms with Gasteiger partial charge in [0.2, 0.25) is 0 Å². The van der Waals surface area contributed by atoms with E-state index in [1.54, 1.807) is 60.7 Å². The van der Waals surface area contributed by atoms with Gasteiger partial charge >= 0.3 is 0 Å². The smallest absolute Gasteiger partial charge is 0.195 e. The van der Waals surface area contributed by atoms with E-state index in [1.165, 1.54) is 30.6 Å². The fourth-order valence-corrected chi connectivity index (χ4v) is 5.86. The van der Waals surface area contributed by atoms with Crippen LogP contribution < -0.4 is 4.74 Å². The van der Waals surface area contributed by atoms with Crippen molar-refractivity contribution in [2.24, 2.45) is 0 Å². The molecular formula is C29H27ClN2O4S. The quantitative estimate of drug-likeness (QED) is 0.268. The third kappa shape index (κ3) is 5.72. The van der Waals surface area contributed by atoms with Crippen molar-refractivity contribution in [3.63, 3.8) is 0 Å². The molecule has 0 saturated carbocycles. The van der Waals surface area contributed by atoms with Crippen molar-refractivity contribution < 1.29 is 19.7 Å². The number of rotatable bonds is 7. The lowest BCUT2D eigenvalue weighted by molar-refractivity contribution is 0.104. The third-order valence-corrected chi connectivity index (χ3v) is 7.71. The fourth-order valence-electron chi connectivity index (χ4n) is 4.62. The summed E-state index contributed by atoms with van der Waals surface area (Å²) in [5.74, 6) is 0.522. The van der Waals surface area contributed by atoms with Gasteiger partial charge in [0.25, 0.3) is 0 Å². The number of piperidine rings is 1. The van der Waals surface area contributed by atoms with Crippen LogP contribution in [0.2, 0.25) is 0 Å². The molecule has 1 aliphatic rings. The average Bonchev–Trinajstić information content (AvgIpc) is 3.28. The predicted octanol–water partition coefficient (Wildman–Crippen LogP) is 6.37. The molecule has 0 amide bonds. The van der Waals surface area contributed by atoms with Crippen molar-refractivity contribution in [2.75, 3.05) is 26.2 Å². The van der Waals surface area contributed by atoms with E-state index in [2.05, 4.69) is 11.0 Å². The molecule has 5 rings (SSSR count). The van der Waals surface area contributed by atoms with Crippen molar-refractivity contribution in [3.8, 4) is 33.8 Å². The first-order valence-corrected chi connectivity index (χ1v) is 12.8. The molecule has 1 fully saturated rings. The highest BCUT2D eigenvalue weighted by atomic mass is 35.5. The van der Waals surface area contributed by atoms with E-state index in [0.29, 0.717) is 29.0 Å². The Bertz CT molecular complexity index is 1450. The van der Waals surface area contributed by atoms with Crippen molar-refractivity contribution in [3.05, 3.63) is 77.4 Å². The summed E-state index contributed by atoms with van der Waals surface area (Å²) >= 11 is 1.40. The van der Waals surface area contributed by atoms with E-state index in [9.17, 15) is 20.3 Å². The molecule has 190 valence electrons. The minimum atomic E-state index is -0.216. The van der Waals surface area contributed by atoms with Crippen LogP contribution >= 0.6 is 23.7 Å². The van der Waals surface area contributed by atoms with Gasteiger partial charge < -0.3 is 14.9 Å². The molecule has 0 atom stereocenters. The first-order valence-electron chi connectivity index (χ1n) is 12.0. The van der Waals surface area contributed by atoms with E-state index in [1.807, 2.05) is 0 Å². The minimum Gasteiger partial charge on any atom is -0.508 e. The molecule has 2 heterocycles. The number of nitriles is 1. The number of benzene rings is 3. The molecule has 1 aromatic heterocycles. The maximum Gasteiger partial charge on any atom is 0.195 e. The molecule has 1 saturated heterocycles. The zero-order chi connectivity index (χ0) is 25.1. The molecule has 37 heavy (non-hydrogen) atoms. The monoisotopic (exact) mass is 534 g/mol. The maximum atomic E-state index is 13.8. The molecule has 8 heteroatoms. The van der Waals surface area contributed by atoms with E-state index in [0.717, 1.165) is 40.2 Å². The van der Waals surface area contributed by atoms with Gasteiger partial charge in [-0.2, -0.15) is 5.26 Å². The van der Waals surface area contributed by atoms with Gasteiger partial charge in [0.05, 0.1) is 5.56 Å². The Kier molecular flexibility index (Phi) is 8.34. The Morgan fingerprint density at radius 2 is 1.70 bits per heavy atom. The van der Waals surface area contributed by atoms with Crippen LogP contribution in [0.3, 0.4) is 0 Å². The number of aromatic hydroxyl groups is 2. The summed E-state index contributed by atoms with van der Waals surface area (Å²) in [5, 5.41) is 30.2. The molecule has 4 aromatic rings. The van der Waals surface area contributed by atoms with Crippen molar-refractivity contribution >= 4 is 39.6 Å². The van der Waals surface area contributed by atoms with Crippen LogP contribution in [0.1, 0.15) is 40.7 Å². The molecule has 6 nitrogen and oxygen atoms in total. The highest BCUT2D eigenvalue weighted by Crippen LogP contribution is 2.41. The fraction of sp³-hybridized carbons (Fsp3) is 0.241. The summed E-state index contributed by atoms with van der Waals surface area (Å²) < 4.78 is 6.70. The van der Waals surface area contributed by atoms with E-state index < -0.39 is 0 Å². The molecular weight excluding hydrogens is 508 g/mol. The van der Waals surface area contributed by atoms with Crippen molar-refractivity contribution in [1.29, 1.82) is 5.26 Å². The van der Waals surface area contributed by atoms with E-state index in [-0.39, 0.29) is 29.7 Å². The third-order valence-electron chi connectivity index (χ3n) is 6.51. The number of ketones is 1. The zero-order valence-corrected chi connectivity index (χ0v) is 21.8. The van der Waals surface area contributed by atoms with Crippen LogP contribution in [0.4, 0.5) is 0 Å². The van der Waals surface area contributed by atoms with Crippen LogP contribution in [0.15, 0.2) is 60.7 Å². The molecule has 2 N–H and O–H groups in total. The Morgan fingerprint density at radius 1 is 0.973 bits per heavy atom. The van der Waals surface area contributed by atoms with Gasteiger partial charge in [-0.3, -0.25) is 9.69 Å². The number of thiophene rings is 1. The predicted molar refractivity (Wildman–Crippen MR) is 148 cm³/mol. The number of hydrogen-bond donors (Lipinski definition) is 2. The second-order valence-corrected chi connectivity index (χ2v) is 9.99. The van der Waals surface area contributed by atoms with Gasteiger partial charge in [0.15, 0.2) is 5.78 Å². The molecule has 0 unspecified atom stereocenters. The van der Waals surface area contributed by atoms with E-state index >= 15 is 0 Å². The SMILES string of the molecule is Cl.N#Cc1cc(C(=O)c2c(-c3ccc(O)cc3)sc3cc(O)ccc23)ccc1OCCN1CCCCC1. The number of nitrogens with zero attached hydrogens (tertiary/aromatic N) is 2. The van der Waals surface area contributed by atoms with Gasteiger partial charge in [-0.15, -0.1) is 23.7 Å². The van der Waals surface area contributed by atoms with Crippen LogP contribution in [0.25, 0.3) is 20.5 Å². The summed E-state index contributed by atoms with van der Waals surface area (Å²) in [6, 6.07) is 18.8. The first-order chi connectivity index (χ1) is 17.5. The Labute approximate surface area is 225 Å². The minimum absolute atomic E-state index is 0. The Morgan fingerprint density at radius 3 is 2.43 bits per heavy atom. The summed E-state index contributed by atoms with van der Waals surface area (Å²) in [4.78, 5) is 16.9. The maximum absolute atomic E-state index is 13.8. The largest absolute Gasteiger partial charge is 0.508 e. The first kappa shape index (κ1) is 26.5. The summed E-state index contributed by atoms with van der Waals surface area (Å²) in [6.07, 6.45) is 3.70. The average molecular weight is 535 g/mol. The number of halogens is 1. The van der Waals surface area contributed by atoms with Crippen molar-refractivity contribution in [1.82, 2.24) is 4.90 Å². The highest BCUT2D eigenvalue weighted by Gasteiger charge is 2.23. The van der Waals surface area contributed by atoms with Crippen LogP contribution in [-0.2, 0) is 0 Å². The molecule has 1 aliphatic heterocycles. The highest BCUT2D eigenvalue weighted by molar-refractivity contribution is 7.22. The van der Waals surface area contributed by atoms with Crippen molar-refractivity contribution in [2.45, 2.75) is 19.3 Å². The second kappa shape index (κ2) is 11.7. The van der Waals surface area contributed by atoms with Gasteiger partial charge in [0, 0.05) is 32.6 Å². The number of phenolic OH excluding ortho intramolecular Hbond substituents is 2.